The molecule has 0 radical (unpaired) electrons. The monoisotopic (exact) mass is 157 g/mol. The molecule has 0 atom stereocenters. The highest BCUT2D eigenvalue weighted by molar-refractivity contribution is 5.76. The van der Waals surface area contributed by atoms with Gasteiger partial charge in [0.2, 0.25) is 5.96 Å². The molecular weight excluding hydrogens is 142 g/mol. The molecule has 0 amide bonds. The van der Waals surface area contributed by atoms with Crippen molar-refractivity contribution in [2.45, 2.75) is 19.3 Å². The first kappa shape index (κ1) is 8.13. The number of hydrazine groups is 1. The number of nitrogens with two attached hydrogens (primary N) is 2. The van der Waals surface area contributed by atoms with Crippen LogP contribution in [-0.2, 0) is 0 Å². The maximum Gasteiger partial charge on any atom is 0.225 e. The summed E-state index contributed by atoms with van der Waals surface area (Å²) in [5, 5.41) is 5.36. The molecule has 5 N–H and O–H groups in total. The smallest absolute Gasteiger partial charge is 0.225 e. The zero-order chi connectivity index (χ0) is 8.10. The first-order chi connectivity index (χ1) is 5.33. The Morgan fingerprint density at radius 3 is 2.45 bits per heavy atom. The Kier molecular flexibility index (Phi) is 2.97. The van der Waals surface area contributed by atoms with Crippen LogP contribution >= 0.6 is 0 Å². The van der Waals surface area contributed by atoms with Crippen molar-refractivity contribution in [3.05, 3.63) is 0 Å². The molecule has 0 aromatic heterocycles. The van der Waals surface area contributed by atoms with Gasteiger partial charge in [-0.2, -0.15) is 0 Å². The van der Waals surface area contributed by atoms with Crippen LogP contribution in [0.3, 0.4) is 0 Å². The fraction of sp³-hybridized carbons (Fsp3) is 0.833. The normalized spacial score (nSPS) is 21.6. The van der Waals surface area contributed by atoms with E-state index in [1.54, 1.807) is 0 Å². The molecule has 1 heterocycles. The van der Waals surface area contributed by atoms with E-state index in [0.717, 1.165) is 13.1 Å². The van der Waals surface area contributed by atoms with Crippen molar-refractivity contribution >= 4 is 5.96 Å². The van der Waals surface area contributed by atoms with Crippen LogP contribution in [0.15, 0.2) is 5.10 Å². The lowest BCUT2D eigenvalue weighted by Gasteiger charge is -2.26. The van der Waals surface area contributed by atoms with Crippen molar-refractivity contribution in [1.29, 1.82) is 0 Å². The van der Waals surface area contributed by atoms with Crippen molar-refractivity contribution in [2.24, 2.45) is 16.7 Å². The quantitative estimate of drug-likeness (QED) is 0.201. The van der Waals surface area contributed by atoms with E-state index in [0.29, 0.717) is 0 Å². The van der Waals surface area contributed by atoms with E-state index in [1.165, 1.54) is 19.3 Å². The number of nitrogens with one attached hydrogen (secondary N) is 1. The molecule has 0 unspecified atom stereocenters. The molecule has 5 heteroatoms. The molecule has 11 heavy (non-hydrogen) atoms. The Hall–Kier alpha value is -0.970. The van der Waals surface area contributed by atoms with Gasteiger partial charge in [-0.1, -0.05) is 6.42 Å². The minimum atomic E-state index is 0.284. The van der Waals surface area contributed by atoms with E-state index in [1.807, 2.05) is 5.01 Å². The molecule has 1 aliphatic heterocycles. The summed E-state index contributed by atoms with van der Waals surface area (Å²) < 4.78 is 0. The minimum absolute atomic E-state index is 0.284. The predicted molar refractivity (Wildman–Crippen MR) is 44.4 cm³/mol. The predicted octanol–water partition coefficient (Wildman–Crippen LogP) is -0.835. The molecular formula is C6H15N5. The highest BCUT2D eigenvalue weighted by Gasteiger charge is 2.09. The third kappa shape index (κ3) is 2.63. The first-order valence-electron chi connectivity index (χ1n) is 3.88. The number of piperidine rings is 1. The third-order valence-corrected chi connectivity index (χ3v) is 1.77. The van der Waals surface area contributed by atoms with Gasteiger partial charge in [-0.3, -0.25) is 5.43 Å². The number of hydrogen-bond acceptors (Lipinski definition) is 3. The molecule has 0 aromatic carbocycles. The van der Waals surface area contributed by atoms with E-state index in [2.05, 4.69) is 10.5 Å². The summed E-state index contributed by atoms with van der Waals surface area (Å²) in [7, 11) is 0. The number of hydrogen-bond donors (Lipinski definition) is 3. The van der Waals surface area contributed by atoms with Gasteiger partial charge in [-0.25, -0.2) is 5.01 Å². The Morgan fingerprint density at radius 2 is 1.91 bits per heavy atom. The van der Waals surface area contributed by atoms with Gasteiger partial charge < -0.3 is 11.6 Å². The molecule has 1 rings (SSSR count). The average Bonchev–Trinajstić information content (AvgIpc) is 2.06. The van der Waals surface area contributed by atoms with Gasteiger partial charge in [0.15, 0.2) is 0 Å². The SMILES string of the molecule is N/N=C(\N)NN1CCCCC1. The van der Waals surface area contributed by atoms with Gasteiger partial charge in [-0.15, -0.1) is 5.10 Å². The van der Waals surface area contributed by atoms with E-state index >= 15 is 0 Å². The Bertz CT molecular complexity index is 138. The number of guanidine groups is 1. The lowest BCUT2D eigenvalue weighted by Crippen LogP contribution is -2.48. The molecule has 64 valence electrons. The average molecular weight is 157 g/mol. The van der Waals surface area contributed by atoms with Crippen molar-refractivity contribution in [1.82, 2.24) is 10.4 Å². The van der Waals surface area contributed by atoms with Crippen LogP contribution in [0.1, 0.15) is 19.3 Å². The fourth-order valence-electron chi connectivity index (χ4n) is 1.20. The lowest BCUT2D eigenvalue weighted by atomic mass is 10.2. The van der Waals surface area contributed by atoms with Gasteiger partial charge in [0.05, 0.1) is 0 Å². The van der Waals surface area contributed by atoms with Crippen molar-refractivity contribution in [2.75, 3.05) is 13.1 Å². The highest BCUT2D eigenvalue weighted by Crippen LogP contribution is 2.05. The van der Waals surface area contributed by atoms with Crippen LogP contribution in [0.4, 0.5) is 0 Å². The molecule has 1 saturated heterocycles. The molecule has 0 saturated carbocycles. The second-order valence-electron chi connectivity index (χ2n) is 2.67. The van der Waals surface area contributed by atoms with Crippen LogP contribution in [-0.4, -0.2) is 24.1 Å². The standard InChI is InChI=1S/C6H15N5/c7-6(9-8)10-11-4-2-1-3-5-11/h1-5,8H2,(H3,7,9,10). The van der Waals surface area contributed by atoms with Gasteiger partial charge in [0.1, 0.15) is 0 Å². The van der Waals surface area contributed by atoms with Crippen LogP contribution < -0.4 is 17.0 Å². The fourth-order valence-corrected chi connectivity index (χ4v) is 1.20. The summed E-state index contributed by atoms with van der Waals surface area (Å²) in [5.74, 6) is 5.25. The van der Waals surface area contributed by atoms with Crippen molar-refractivity contribution in [3.8, 4) is 0 Å². The summed E-state index contributed by atoms with van der Waals surface area (Å²) in [6, 6.07) is 0. The van der Waals surface area contributed by atoms with E-state index in [4.69, 9.17) is 11.6 Å². The van der Waals surface area contributed by atoms with E-state index in [9.17, 15) is 0 Å². The number of rotatable bonds is 1. The zero-order valence-corrected chi connectivity index (χ0v) is 6.58. The largest absolute Gasteiger partial charge is 0.367 e. The van der Waals surface area contributed by atoms with Gasteiger partial charge in [-0.05, 0) is 12.8 Å². The Morgan fingerprint density at radius 1 is 1.27 bits per heavy atom. The molecule has 5 nitrogen and oxygen atoms in total. The maximum atomic E-state index is 5.38. The zero-order valence-electron chi connectivity index (χ0n) is 6.58. The van der Waals surface area contributed by atoms with Crippen molar-refractivity contribution in [3.63, 3.8) is 0 Å². The van der Waals surface area contributed by atoms with Crippen LogP contribution in [0.5, 0.6) is 0 Å². The summed E-state index contributed by atoms with van der Waals surface area (Å²) >= 11 is 0. The second kappa shape index (κ2) is 4.02. The minimum Gasteiger partial charge on any atom is -0.367 e. The molecule has 0 aliphatic carbocycles. The van der Waals surface area contributed by atoms with E-state index < -0.39 is 0 Å². The van der Waals surface area contributed by atoms with Gasteiger partial charge >= 0.3 is 0 Å². The van der Waals surface area contributed by atoms with E-state index in [-0.39, 0.29) is 5.96 Å². The summed E-state index contributed by atoms with van der Waals surface area (Å²) in [4.78, 5) is 0. The van der Waals surface area contributed by atoms with Crippen molar-refractivity contribution < 1.29 is 0 Å². The molecule has 0 aromatic rings. The van der Waals surface area contributed by atoms with Crippen LogP contribution in [0, 0.1) is 0 Å². The number of nitrogens with zero attached hydrogens (tertiary/aromatic N) is 2. The molecule has 1 aliphatic rings. The van der Waals surface area contributed by atoms with Gasteiger partial charge in [0, 0.05) is 13.1 Å². The lowest BCUT2D eigenvalue weighted by molar-refractivity contribution is 0.193. The summed E-state index contributed by atoms with van der Waals surface area (Å²) in [6.07, 6.45) is 3.73. The summed E-state index contributed by atoms with van der Waals surface area (Å²) in [5.41, 5.74) is 8.28. The second-order valence-corrected chi connectivity index (χ2v) is 2.67. The molecule has 0 bridgehead atoms. The van der Waals surface area contributed by atoms with Crippen LogP contribution in [0.2, 0.25) is 0 Å². The highest BCUT2D eigenvalue weighted by atomic mass is 15.5. The molecule has 1 fully saturated rings. The summed E-state index contributed by atoms with van der Waals surface area (Å²) in [6.45, 7) is 2.05. The Balaban J connectivity index is 2.24. The maximum absolute atomic E-state index is 5.38. The third-order valence-electron chi connectivity index (χ3n) is 1.77. The molecule has 0 spiro atoms. The number of hydrazone groups is 1. The topological polar surface area (TPSA) is 79.7 Å². The van der Waals surface area contributed by atoms with Gasteiger partial charge in [0.25, 0.3) is 0 Å². The first-order valence-corrected chi connectivity index (χ1v) is 3.88. The van der Waals surface area contributed by atoms with Crippen LogP contribution in [0.25, 0.3) is 0 Å². The Labute approximate surface area is 66.4 Å².